The number of aromatic nitrogens is 1. The molecular formula is C14H15NO. The van der Waals surface area contributed by atoms with Crippen molar-refractivity contribution in [1.29, 1.82) is 0 Å². The highest BCUT2D eigenvalue weighted by Gasteiger charge is 2.02. The van der Waals surface area contributed by atoms with Crippen molar-refractivity contribution in [3.05, 3.63) is 48.2 Å². The van der Waals surface area contributed by atoms with Crippen LogP contribution in [0.4, 0.5) is 0 Å². The third kappa shape index (κ3) is 1.91. The summed E-state index contributed by atoms with van der Waals surface area (Å²) in [5, 5.41) is 1.16. The van der Waals surface area contributed by atoms with Gasteiger partial charge in [0.1, 0.15) is 6.29 Å². The molecule has 1 aromatic heterocycles. The number of carbonyl (C=O) groups is 1. The number of aldehydes is 1. The van der Waals surface area contributed by atoms with Crippen LogP contribution in [0.1, 0.15) is 23.7 Å². The van der Waals surface area contributed by atoms with Crippen molar-refractivity contribution < 1.29 is 4.79 Å². The Morgan fingerprint density at radius 2 is 2.25 bits per heavy atom. The van der Waals surface area contributed by atoms with Crippen LogP contribution >= 0.6 is 0 Å². The molecule has 1 heterocycles. The SMILES string of the molecule is C=C(CC)Cn1ccc2ccc(C=O)cc21. The van der Waals surface area contributed by atoms with Crippen LogP contribution in [0, 0.1) is 0 Å². The Hall–Kier alpha value is -1.83. The van der Waals surface area contributed by atoms with Gasteiger partial charge in [-0.3, -0.25) is 4.79 Å². The molecule has 0 fully saturated rings. The molecule has 0 aliphatic carbocycles. The Morgan fingerprint density at radius 3 is 2.94 bits per heavy atom. The van der Waals surface area contributed by atoms with Crippen LogP contribution in [0.25, 0.3) is 10.9 Å². The van der Waals surface area contributed by atoms with E-state index < -0.39 is 0 Å². The van der Waals surface area contributed by atoms with Crippen LogP contribution < -0.4 is 0 Å². The minimum absolute atomic E-state index is 0.717. The fourth-order valence-corrected chi connectivity index (χ4v) is 1.76. The van der Waals surface area contributed by atoms with Gasteiger partial charge in [-0.05, 0) is 23.9 Å². The average molecular weight is 213 g/mol. The first-order chi connectivity index (χ1) is 7.74. The van der Waals surface area contributed by atoms with Crippen LogP contribution in [-0.4, -0.2) is 10.9 Å². The van der Waals surface area contributed by atoms with E-state index in [-0.39, 0.29) is 0 Å². The third-order valence-electron chi connectivity index (χ3n) is 2.83. The Bertz CT molecular complexity index is 537. The summed E-state index contributed by atoms with van der Waals surface area (Å²) in [6.07, 6.45) is 3.90. The number of fused-ring (bicyclic) bond motifs is 1. The molecule has 2 nitrogen and oxygen atoms in total. The third-order valence-corrected chi connectivity index (χ3v) is 2.83. The molecule has 0 bridgehead atoms. The minimum Gasteiger partial charge on any atom is -0.343 e. The fraction of sp³-hybridized carbons (Fsp3) is 0.214. The number of hydrogen-bond donors (Lipinski definition) is 0. The Balaban J connectivity index is 2.45. The van der Waals surface area contributed by atoms with Gasteiger partial charge in [0.2, 0.25) is 0 Å². The molecule has 82 valence electrons. The zero-order valence-corrected chi connectivity index (χ0v) is 9.44. The maximum Gasteiger partial charge on any atom is 0.150 e. The lowest BCUT2D eigenvalue weighted by atomic mass is 10.2. The second-order valence-corrected chi connectivity index (χ2v) is 3.98. The van der Waals surface area contributed by atoms with Crippen molar-refractivity contribution in [2.24, 2.45) is 0 Å². The lowest BCUT2D eigenvalue weighted by Gasteiger charge is -2.06. The van der Waals surface area contributed by atoms with Gasteiger partial charge in [0.25, 0.3) is 0 Å². The van der Waals surface area contributed by atoms with E-state index in [2.05, 4.69) is 24.1 Å². The molecule has 1 aromatic carbocycles. The summed E-state index contributed by atoms with van der Waals surface area (Å²) >= 11 is 0. The second-order valence-electron chi connectivity index (χ2n) is 3.98. The van der Waals surface area contributed by atoms with Crippen LogP contribution in [0.3, 0.4) is 0 Å². The number of carbonyl (C=O) groups excluding carboxylic acids is 1. The number of rotatable bonds is 4. The summed E-state index contributed by atoms with van der Waals surface area (Å²) in [4.78, 5) is 10.7. The molecule has 2 rings (SSSR count). The van der Waals surface area contributed by atoms with Crippen molar-refractivity contribution in [3.8, 4) is 0 Å². The predicted molar refractivity (Wildman–Crippen MR) is 66.8 cm³/mol. The van der Waals surface area contributed by atoms with E-state index >= 15 is 0 Å². The first kappa shape index (κ1) is 10.7. The topological polar surface area (TPSA) is 22.0 Å². The van der Waals surface area contributed by atoms with Gasteiger partial charge in [0, 0.05) is 23.8 Å². The van der Waals surface area contributed by atoms with E-state index in [9.17, 15) is 4.79 Å². The van der Waals surface area contributed by atoms with Gasteiger partial charge in [-0.1, -0.05) is 31.2 Å². The number of allylic oxidation sites excluding steroid dienone is 1. The van der Waals surface area contributed by atoms with Gasteiger partial charge in [-0.2, -0.15) is 0 Å². The summed E-state index contributed by atoms with van der Waals surface area (Å²) in [5.74, 6) is 0. The predicted octanol–water partition coefficient (Wildman–Crippen LogP) is 3.42. The Labute approximate surface area is 95.2 Å². The molecular weight excluding hydrogens is 198 g/mol. The number of hydrogen-bond acceptors (Lipinski definition) is 1. The monoisotopic (exact) mass is 213 g/mol. The highest BCUT2D eigenvalue weighted by molar-refractivity contribution is 5.87. The summed E-state index contributed by atoms with van der Waals surface area (Å²) in [6.45, 7) is 6.93. The second kappa shape index (κ2) is 4.35. The number of nitrogens with zero attached hydrogens (tertiary/aromatic N) is 1. The normalized spacial score (nSPS) is 10.6. The molecule has 0 radical (unpaired) electrons. The standard InChI is InChI=1S/C14H15NO/c1-3-11(2)9-15-7-6-13-5-4-12(10-16)8-14(13)15/h4-8,10H,2-3,9H2,1H3. The number of benzene rings is 1. The Kier molecular flexibility index (Phi) is 2.91. The molecule has 0 aliphatic heterocycles. The molecule has 0 saturated heterocycles. The maximum absolute atomic E-state index is 10.7. The Morgan fingerprint density at radius 1 is 1.44 bits per heavy atom. The molecule has 2 heteroatoms. The highest BCUT2D eigenvalue weighted by atomic mass is 16.1. The van der Waals surface area contributed by atoms with Crippen molar-refractivity contribution >= 4 is 17.2 Å². The quantitative estimate of drug-likeness (QED) is 0.563. The molecule has 0 unspecified atom stereocenters. The van der Waals surface area contributed by atoms with E-state index in [1.165, 1.54) is 5.57 Å². The smallest absolute Gasteiger partial charge is 0.150 e. The first-order valence-corrected chi connectivity index (χ1v) is 5.45. The molecule has 0 saturated carbocycles. The summed E-state index contributed by atoms with van der Waals surface area (Å²) in [5.41, 5.74) is 3.00. The molecule has 16 heavy (non-hydrogen) atoms. The molecule has 0 aliphatic rings. The van der Waals surface area contributed by atoms with Crippen LogP contribution in [-0.2, 0) is 6.54 Å². The van der Waals surface area contributed by atoms with Crippen LogP contribution in [0.5, 0.6) is 0 Å². The zero-order valence-electron chi connectivity index (χ0n) is 9.44. The fourth-order valence-electron chi connectivity index (χ4n) is 1.76. The lowest BCUT2D eigenvalue weighted by molar-refractivity contribution is 0.112. The van der Waals surface area contributed by atoms with E-state index in [1.807, 2.05) is 24.4 Å². The first-order valence-electron chi connectivity index (χ1n) is 5.45. The van der Waals surface area contributed by atoms with E-state index in [4.69, 9.17) is 0 Å². The summed E-state index contributed by atoms with van der Waals surface area (Å²) in [6, 6.07) is 7.80. The van der Waals surface area contributed by atoms with Gasteiger partial charge in [0.05, 0.1) is 0 Å². The zero-order chi connectivity index (χ0) is 11.5. The van der Waals surface area contributed by atoms with Crippen LogP contribution in [0.2, 0.25) is 0 Å². The van der Waals surface area contributed by atoms with E-state index in [0.29, 0.717) is 0 Å². The van der Waals surface area contributed by atoms with Crippen LogP contribution in [0.15, 0.2) is 42.6 Å². The average Bonchev–Trinajstić information content (AvgIpc) is 2.71. The molecule has 0 N–H and O–H groups in total. The summed E-state index contributed by atoms with van der Waals surface area (Å²) < 4.78 is 2.13. The van der Waals surface area contributed by atoms with E-state index in [1.54, 1.807) is 0 Å². The van der Waals surface area contributed by atoms with Crippen molar-refractivity contribution in [3.63, 3.8) is 0 Å². The van der Waals surface area contributed by atoms with Crippen molar-refractivity contribution in [2.45, 2.75) is 19.9 Å². The summed E-state index contributed by atoms with van der Waals surface area (Å²) in [7, 11) is 0. The van der Waals surface area contributed by atoms with Crippen molar-refractivity contribution in [1.82, 2.24) is 4.57 Å². The minimum atomic E-state index is 0.717. The maximum atomic E-state index is 10.7. The van der Waals surface area contributed by atoms with Gasteiger partial charge in [-0.25, -0.2) is 0 Å². The highest BCUT2D eigenvalue weighted by Crippen LogP contribution is 2.18. The van der Waals surface area contributed by atoms with Gasteiger partial charge >= 0.3 is 0 Å². The van der Waals surface area contributed by atoms with Gasteiger partial charge < -0.3 is 4.57 Å². The lowest BCUT2D eigenvalue weighted by Crippen LogP contribution is -1.98. The van der Waals surface area contributed by atoms with Gasteiger partial charge in [-0.15, -0.1) is 0 Å². The molecule has 0 atom stereocenters. The molecule has 0 amide bonds. The van der Waals surface area contributed by atoms with Crippen molar-refractivity contribution in [2.75, 3.05) is 0 Å². The van der Waals surface area contributed by atoms with Gasteiger partial charge in [0.15, 0.2) is 0 Å². The largest absolute Gasteiger partial charge is 0.343 e. The van der Waals surface area contributed by atoms with E-state index in [0.717, 1.165) is 35.7 Å². The molecule has 2 aromatic rings. The molecule has 0 spiro atoms.